The number of nitrogens with zero attached hydrogens (tertiary/aromatic N) is 3. The molecule has 1 aromatic rings. The van der Waals surface area contributed by atoms with Crippen LogP contribution in [0, 0.1) is 5.92 Å². The predicted molar refractivity (Wildman–Crippen MR) is 127 cm³/mol. The number of rotatable bonds is 8. The van der Waals surface area contributed by atoms with Crippen molar-refractivity contribution in [3.8, 4) is 5.88 Å². The number of aromatic nitrogens is 1. The number of pyridine rings is 1. The Kier molecular flexibility index (Phi) is 7.10. The highest BCUT2D eigenvalue weighted by atomic mass is 79.9. The standard InChI is InChI=1S/C20H29BrFN3O4SSi/c1-19(14-8-13(21)10-23-16(14)28-2)15-9-20(15,11-22)30-17(24-19)25(18(26)27)12-29-6-7-31(3,4)5/h8,10,15H,6-7,9,11-12H2,1-5H3,(H,26,27)/t15-,19+,20+/m0/s1. The first-order valence-electron chi connectivity index (χ1n) is 10.1. The first-order valence-corrected chi connectivity index (χ1v) is 15.4. The van der Waals surface area contributed by atoms with Gasteiger partial charge in [0.1, 0.15) is 13.4 Å². The van der Waals surface area contributed by atoms with Crippen LogP contribution in [0.25, 0.3) is 0 Å². The van der Waals surface area contributed by atoms with Gasteiger partial charge >= 0.3 is 6.09 Å². The first-order chi connectivity index (χ1) is 14.5. The molecule has 1 fully saturated rings. The van der Waals surface area contributed by atoms with Gasteiger partial charge in [0.15, 0.2) is 5.17 Å². The molecular weight excluding hydrogens is 505 g/mol. The van der Waals surface area contributed by atoms with E-state index in [1.54, 1.807) is 6.20 Å². The second kappa shape index (κ2) is 8.99. The third-order valence-electron chi connectivity index (χ3n) is 5.79. The highest BCUT2D eigenvalue weighted by Gasteiger charge is 2.67. The lowest BCUT2D eigenvalue weighted by Gasteiger charge is -2.36. The predicted octanol–water partition coefficient (Wildman–Crippen LogP) is 5.19. The molecule has 0 radical (unpaired) electrons. The molecule has 31 heavy (non-hydrogen) atoms. The Hall–Kier alpha value is -1.17. The molecule has 1 aliphatic carbocycles. The molecule has 0 aromatic carbocycles. The number of hydrogen-bond donors (Lipinski definition) is 1. The SMILES string of the molecule is COc1ncc(Br)cc1[C@@]1(C)N=C(N(COCC[Si](C)(C)C)C(=O)O)S[C@@]2(CF)C[C@H]21. The zero-order valence-electron chi connectivity index (χ0n) is 18.4. The van der Waals surface area contributed by atoms with Crippen LogP contribution in [0.5, 0.6) is 5.88 Å². The summed E-state index contributed by atoms with van der Waals surface area (Å²) in [5, 5.41) is 10.1. The van der Waals surface area contributed by atoms with E-state index in [0.29, 0.717) is 24.5 Å². The van der Waals surface area contributed by atoms with Crippen molar-refractivity contribution in [1.29, 1.82) is 0 Å². The van der Waals surface area contributed by atoms with Crippen molar-refractivity contribution in [2.45, 2.75) is 49.3 Å². The van der Waals surface area contributed by atoms with Crippen molar-refractivity contribution < 1.29 is 23.8 Å². The molecule has 7 nitrogen and oxygen atoms in total. The van der Waals surface area contributed by atoms with Crippen LogP contribution >= 0.6 is 27.7 Å². The second-order valence-corrected chi connectivity index (χ2v) is 17.3. The molecule has 2 heterocycles. The average molecular weight is 535 g/mol. The number of amides is 1. The summed E-state index contributed by atoms with van der Waals surface area (Å²) in [6.45, 7) is 8.37. The van der Waals surface area contributed by atoms with Crippen molar-refractivity contribution in [2.24, 2.45) is 10.9 Å². The fourth-order valence-electron chi connectivity index (χ4n) is 3.81. The Morgan fingerprint density at radius 2 is 2.19 bits per heavy atom. The molecule has 1 aliphatic heterocycles. The third kappa shape index (κ3) is 5.09. The molecule has 0 unspecified atom stereocenters. The Labute approximate surface area is 195 Å². The zero-order chi connectivity index (χ0) is 23.0. The van der Waals surface area contributed by atoms with Crippen molar-refractivity contribution in [2.75, 3.05) is 27.1 Å². The number of alkyl halides is 1. The molecule has 3 rings (SSSR count). The Bertz CT molecular complexity index is 886. The molecule has 1 N–H and O–H groups in total. The molecular formula is C20H29BrFN3O4SSi. The van der Waals surface area contributed by atoms with E-state index in [0.717, 1.165) is 15.4 Å². The van der Waals surface area contributed by atoms with Gasteiger partial charge in [0.05, 0.1) is 17.4 Å². The Balaban J connectivity index is 1.94. The molecule has 0 saturated heterocycles. The summed E-state index contributed by atoms with van der Waals surface area (Å²) >= 11 is 4.64. The van der Waals surface area contributed by atoms with Gasteiger partial charge in [-0.1, -0.05) is 31.4 Å². The fourth-order valence-corrected chi connectivity index (χ4v) is 6.41. The Morgan fingerprint density at radius 3 is 2.77 bits per heavy atom. The summed E-state index contributed by atoms with van der Waals surface area (Å²) in [4.78, 5) is 22.3. The van der Waals surface area contributed by atoms with Gasteiger partial charge in [-0.15, -0.1) is 0 Å². The Morgan fingerprint density at radius 1 is 1.48 bits per heavy atom. The zero-order valence-corrected chi connectivity index (χ0v) is 21.8. The molecule has 1 aromatic heterocycles. The van der Waals surface area contributed by atoms with E-state index in [1.807, 2.05) is 13.0 Å². The van der Waals surface area contributed by atoms with Gasteiger partial charge in [-0.3, -0.25) is 4.99 Å². The lowest BCUT2D eigenvalue weighted by atomic mass is 9.87. The quantitative estimate of drug-likeness (QED) is 0.281. The van der Waals surface area contributed by atoms with E-state index in [9.17, 15) is 14.3 Å². The van der Waals surface area contributed by atoms with Crippen LogP contribution in [0.15, 0.2) is 21.7 Å². The van der Waals surface area contributed by atoms with Crippen molar-refractivity contribution in [1.82, 2.24) is 9.88 Å². The van der Waals surface area contributed by atoms with Crippen LogP contribution in [0.3, 0.4) is 0 Å². The van der Waals surface area contributed by atoms with Gasteiger partial charge in [-0.2, -0.15) is 0 Å². The average Bonchev–Trinajstić information content (AvgIpc) is 3.43. The van der Waals surface area contributed by atoms with Crippen LogP contribution in [-0.2, 0) is 10.3 Å². The molecule has 172 valence electrons. The first kappa shape index (κ1) is 24.5. The maximum absolute atomic E-state index is 14.2. The minimum atomic E-state index is -1.30. The largest absolute Gasteiger partial charge is 0.481 e. The molecule has 0 bridgehead atoms. The van der Waals surface area contributed by atoms with E-state index < -0.39 is 31.1 Å². The number of carbonyl (C=O) groups is 1. The number of hydrogen-bond acceptors (Lipinski definition) is 6. The maximum atomic E-state index is 14.2. The smallest absolute Gasteiger partial charge is 0.415 e. The number of fused-ring (bicyclic) bond motifs is 1. The van der Waals surface area contributed by atoms with E-state index in [1.165, 1.54) is 18.9 Å². The summed E-state index contributed by atoms with van der Waals surface area (Å²) in [5.41, 5.74) is -0.173. The number of methoxy groups -OCH3 is 1. The monoisotopic (exact) mass is 533 g/mol. The molecule has 3 atom stereocenters. The summed E-state index contributed by atoms with van der Waals surface area (Å²) in [7, 11) is 0.222. The maximum Gasteiger partial charge on any atom is 0.415 e. The third-order valence-corrected chi connectivity index (χ3v) is 9.39. The number of ether oxygens (including phenoxy) is 2. The van der Waals surface area contributed by atoms with Gasteiger partial charge in [-0.05, 0) is 41.4 Å². The van der Waals surface area contributed by atoms with Crippen molar-refractivity contribution >= 4 is 47.0 Å². The van der Waals surface area contributed by atoms with Gasteiger partial charge in [0.25, 0.3) is 0 Å². The lowest BCUT2D eigenvalue weighted by Crippen LogP contribution is -2.43. The number of amidine groups is 1. The number of carboxylic acid groups (broad SMARTS) is 1. The van der Waals surface area contributed by atoms with Crippen LogP contribution in [0.2, 0.25) is 25.7 Å². The number of thioether (sulfide) groups is 1. The topological polar surface area (TPSA) is 84.3 Å². The summed E-state index contributed by atoms with van der Waals surface area (Å²) < 4.78 is 25.4. The fraction of sp³-hybridized carbons (Fsp3) is 0.650. The summed E-state index contributed by atoms with van der Waals surface area (Å²) in [6.07, 6.45) is 1.05. The highest BCUT2D eigenvalue weighted by Crippen LogP contribution is 2.67. The van der Waals surface area contributed by atoms with E-state index >= 15 is 0 Å². The second-order valence-electron chi connectivity index (χ2n) is 9.37. The highest BCUT2D eigenvalue weighted by molar-refractivity contribution is 9.10. The number of halogens is 2. The molecule has 1 saturated carbocycles. The van der Waals surface area contributed by atoms with Crippen molar-refractivity contribution in [3.05, 3.63) is 22.3 Å². The van der Waals surface area contributed by atoms with E-state index in [-0.39, 0.29) is 17.8 Å². The normalized spacial score (nSPS) is 27.3. The molecule has 0 spiro atoms. The van der Waals surface area contributed by atoms with Crippen LogP contribution in [0.1, 0.15) is 18.9 Å². The van der Waals surface area contributed by atoms with Gasteiger partial charge in [0.2, 0.25) is 5.88 Å². The van der Waals surface area contributed by atoms with Gasteiger partial charge in [0, 0.05) is 36.8 Å². The van der Waals surface area contributed by atoms with Crippen LogP contribution < -0.4 is 4.74 Å². The van der Waals surface area contributed by atoms with E-state index in [4.69, 9.17) is 14.5 Å². The summed E-state index contributed by atoms with van der Waals surface area (Å²) in [6, 6.07) is 2.79. The minimum Gasteiger partial charge on any atom is -0.481 e. The van der Waals surface area contributed by atoms with E-state index in [2.05, 4.69) is 40.6 Å². The van der Waals surface area contributed by atoms with Crippen molar-refractivity contribution in [3.63, 3.8) is 0 Å². The summed E-state index contributed by atoms with van der Waals surface area (Å²) in [5.74, 6) is 0.306. The van der Waals surface area contributed by atoms with Crippen LogP contribution in [0.4, 0.5) is 9.18 Å². The van der Waals surface area contributed by atoms with Gasteiger partial charge in [-0.25, -0.2) is 19.1 Å². The molecule has 1 amide bonds. The minimum absolute atomic E-state index is 0.0906. The molecule has 11 heteroatoms. The van der Waals surface area contributed by atoms with Gasteiger partial charge < -0.3 is 14.6 Å². The lowest BCUT2D eigenvalue weighted by molar-refractivity contribution is 0.0702. The number of aliphatic imine (C=N–C) groups is 1. The molecule has 2 aliphatic rings. The van der Waals surface area contributed by atoms with Crippen LogP contribution in [-0.4, -0.2) is 66.2 Å².